The van der Waals surface area contributed by atoms with Crippen LogP contribution in [0.4, 0.5) is 0 Å². The smallest absolute Gasteiger partial charge is 0.246 e. The molecule has 4 rings (SSSR count). The summed E-state index contributed by atoms with van der Waals surface area (Å²) >= 11 is 0. The molecule has 2 unspecified atom stereocenters. The molecule has 0 aromatic heterocycles. The van der Waals surface area contributed by atoms with E-state index in [2.05, 4.69) is 30.1 Å². The molecule has 2 amide bonds. The van der Waals surface area contributed by atoms with Gasteiger partial charge in [-0.2, -0.15) is 0 Å². The van der Waals surface area contributed by atoms with Gasteiger partial charge in [0.05, 0.1) is 0 Å². The van der Waals surface area contributed by atoms with Crippen molar-refractivity contribution in [3.05, 3.63) is 12.2 Å². The SMILES string of the molecule is CN(C)CCNC(=O)C1C[C@]2(C)CCC[C@H]2[C@@H]2CCC3N(C)C(=O)C=C[C@]3(C)[C@H]12. The highest BCUT2D eigenvalue weighted by molar-refractivity contribution is 5.89. The quantitative estimate of drug-likeness (QED) is 0.788. The maximum Gasteiger partial charge on any atom is 0.246 e. The predicted molar refractivity (Wildman–Crippen MR) is 115 cm³/mol. The van der Waals surface area contributed by atoms with Crippen molar-refractivity contribution in [3.63, 3.8) is 0 Å². The number of hydrogen-bond acceptors (Lipinski definition) is 3. The lowest BCUT2D eigenvalue weighted by Crippen LogP contribution is -2.63. The van der Waals surface area contributed by atoms with Crippen molar-refractivity contribution in [1.82, 2.24) is 15.1 Å². The van der Waals surface area contributed by atoms with Crippen molar-refractivity contribution >= 4 is 11.8 Å². The van der Waals surface area contributed by atoms with Gasteiger partial charge in [0.2, 0.25) is 11.8 Å². The molecule has 0 spiro atoms. The maximum atomic E-state index is 13.5. The van der Waals surface area contributed by atoms with Crippen LogP contribution in [0.2, 0.25) is 0 Å². The molecule has 0 radical (unpaired) electrons. The first-order valence-electron chi connectivity index (χ1n) is 11.6. The summed E-state index contributed by atoms with van der Waals surface area (Å²) in [4.78, 5) is 29.9. The second kappa shape index (κ2) is 7.40. The second-order valence-corrected chi connectivity index (χ2v) is 11.0. The van der Waals surface area contributed by atoms with E-state index in [1.165, 1.54) is 19.3 Å². The minimum atomic E-state index is -0.112. The molecule has 0 aromatic carbocycles. The van der Waals surface area contributed by atoms with E-state index in [9.17, 15) is 9.59 Å². The second-order valence-electron chi connectivity index (χ2n) is 11.0. The normalized spacial score (nSPS) is 43.7. The Kier molecular flexibility index (Phi) is 5.33. The van der Waals surface area contributed by atoms with Gasteiger partial charge < -0.3 is 15.1 Å². The van der Waals surface area contributed by atoms with E-state index in [0.29, 0.717) is 23.8 Å². The molecule has 7 atom stereocenters. The fraction of sp³-hybridized carbons (Fsp3) is 0.833. The summed E-state index contributed by atoms with van der Waals surface area (Å²) in [5.74, 6) is 2.03. The Morgan fingerprint density at radius 2 is 2.03 bits per heavy atom. The van der Waals surface area contributed by atoms with Gasteiger partial charge in [0, 0.05) is 37.5 Å². The monoisotopic (exact) mass is 401 g/mol. The van der Waals surface area contributed by atoms with Crippen LogP contribution in [0.1, 0.15) is 52.4 Å². The van der Waals surface area contributed by atoms with E-state index < -0.39 is 0 Å². The molecule has 1 N–H and O–H groups in total. The maximum absolute atomic E-state index is 13.5. The van der Waals surface area contributed by atoms with Crippen LogP contribution in [0.25, 0.3) is 0 Å². The Morgan fingerprint density at radius 1 is 1.28 bits per heavy atom. The van der Waals surface area contributed by atoms with Crippen molar-refractivity contribution in [3.8, 4) is 0 Å². The largest absolute Gasteiger partial charge is 0.355 e. The van der Waals surface area contributed by atoms with Gasteiger partial charge in [0.15, 0.2) is 0 Å². The summed E-state index contributed by atoms with van der Waals surface area (Å²) in [5.41, 5.74) is 0.188. The fourth-order valence-electron chi connectivity index (χ4n) is 7.73. The third-order valence-corrected chi connectivity index (χ3v) is 9.06. The number of fused-ring (bicyclic) bond motifs is 5. The number of nitrogens with zero attached hydrogens (tertiary/aromatic N) is 2. The highest BCUT2D eigenvalue weighted by Crippen LogP contribution is 2.65. The van der Waals surface area contributed by atoms with Crippen LogP contribution < -0.4 is 5.32 Å². The fourth-order valence-corrected chi connectivity index (χ4v) is 7.73. The molecule has 5 nitrogen and oxygen atoms in total. The lowest BCUT2D eigenvalue weighted by atomic mass is 9.45. The molecule has 5 heteroatoms. The molecule has 0 bridgehead atoms. The van der Waals surface area contributed by atoms with E-state index >= 15 is 0 Å². The molecule has 3 aliphatic carbocycles. The number of carbonyl (C=O) groups is 2. The van der Waals surface area contributed by atoms with E-state index in [-0.39, 0.29) is 29.2 Å². The zero-order valence-electron chi connectivity index (χ0n) is 18.9. The van der Waals surface area contributed by atoms with Crippen LogP contribution in [-0.2, 0) is 9.59 Å². The molecule has 4 aliphatic rings. The van der Waals surface area contributed by atoms with Crippen LogP contribution in [-0.4, -0.2) is 61.9 Å². The van der Waals surface area contributed by atoms with Gasteiger partial charge >= 0.3 is 0 Å². The third kappa shape index (κ3) is 3.34. The highest BCUT2D eigenvalue weighted by Gasteiger charge is 2.62. The number of amides is 2. The summed E-state index contributed by atoms with van der Waals surface area (Å²) in [6, 6.07) is 0.212. The zero-order chi connectivity index (χ0) is 21.0. The van der Waals surface area contributed by atoms with Crippen LogP contribution in [0.3, 0.4) is 0 Å². The van der Waals surface area contributed by atoms with Gasteiger partial charge in [-0.3, -0.25) is 9.59 Å². The van der Waals surface area contributed by atoms with Crippen LogP contribution in [0.15, 0.2) is 12.2 Å². The van der Waals surface area contributed by atoms with Crippen molar-refractivity contribution in [2.75, 3.05) is 34.2 Å². The summed E-state index contributed by atoms with van der Waals surface area (Å²) in [6.45, 7) is 6.34. The highest BCUT2D eigenvalue weighted by atomic mass is 16.2. The van der Waals surface area contributed by atoms with Gasteiger partial charge in [-0.1, -0.05) is 26.3 Å². The molecule has 162 valence electrons. The Labute approximate surface area is 176 Å². The summed E-state index contributed by atoms with van der Waals surface area (Å²) in [6.07, 6.45) is 11.0. The van der Waals surface area contributed by atoms with E-state index in [1.54, 1.807) is 6.08 Å². The Bertz CT molecular complexity index is 704. The first-order valence-corrected chi connectivity index (χ1v) is 11.6. The molecular weight excluding hydrogens is 362 g/mol. The average molecular weight is 402 g/mol. The van der Waals surface area contributed by atoms with Gasteiger partial charge in [0.1, 0.15) is 0 Å². The van der Waals surface area contributed by atoms with Gasteiger partial charge in [-0.15, -0.1) is 0 Å². The van der Waals surface area contributed by atoms with Crippen molar-refractivity contribution in [1.29, 1.82) is 0 Å². The summed E-state index contributed by atoms with van der Waals surface area (Å²) in [7, 11) is 6.03. The Hall–Kier alpha value is -1.36. The molecule has 0 saturated heterocycles. The standard InChI is InChI=1S/C24H39N3O2/c1-23-11-6-7-18(23)16-8-9-19-24(2,12-10-20(28)27(19)5)21(16)17(15-23)22(29)25-13-14-26(3)4/h10,12,16-19,21H,6-9,11,13-15H2,1-5H3,(H,25,29)/t16-,17?,18-,19?,21-,23-,24-/m0/s1. The van der Waals surface area contributed by atoms with Gasteiger partial charge in [0.25, 0.3) is 0 Å². The number of likely N-dealkylation sites (N-methyl/N-ethyl adjacent to an activating group) is 2. The van der Waals surface area contributed by atoms with E-state index in [0.717, 1.165) is 31.7 Å². The first kappa shape index (κ1) is 20.9. The molecule has 0 aromatic rings. The molecule has 29 heavy (non-hydrogen) atoms. The number of carbonyl (C=O) groups excluding carboxylic acids is 2. The van der Waals surface area contributed by atoms with E-state index in [4.69, 9.17) is 0 Å². The van der Waals surface area contributed by atoms with E-state index in [1.807, 2.05) is 26.0 Å². The molecular formula is C24H39N3O2. The molecule has 1 heterocycles. The molecule has 3 saturated carbocycles. The zero-order valence-corrected chi connectivity index (χ0v) is 18.9. The van der Waals surface area contributed by atoms with Gasteiger partial charge in [-0.05, 0) is 75.4 Å². The lowest BCUT2D eigenvalue weighted by molar-refractivity contribution is -0.154. The van der Waals surface area contributed by atoms with Crippen LogP contribution in [0, 0.1) is 34.5 Å². The van der Waals surface area contributed by atoms with Crippen LogP contribution in [0.5, 0.6) is 0 Å². The van der Waals surface area contributed by atoms with Crippen LogP contribution >= 0.6 is 0 Å². The number of nitrogens with one attached hydrogen (secondary N) is 1. The third-order valence-electron chi connectivity index (χ3n) is 9.06. The number of rotatable bonds is 4. The Morgan fingerprint density at radius 3 is 2.76 bits per heavy atom. The minimum absolute atomic E-state index is 0.0422. The minimum Gasteiger partial charge on any atom is -0.355 e. The summed E-state index contributed by atoms with van der Waals surface area (Å²) in [5, 5.41) is 3.26. The number of hydrogen-bond donors (Lipinski definition) is 1. The van der Waals surface area contributed by atoms with Gasteiger partial charge in [-0.25, -0.2) is 0 Å². The lowest BCUT2D eigenvalue weighted by Gasteiger charge is -2.61. The first-order chi connectivity index (χ1) is 13.7. The predicted octanol–water partition coefficient (Wildman–Crippen LogP) is 2.92. The van der Waals surface area contributed by atoms with Crippen molar-refractivity contribution < 1.29 is 9.59 Å². The topological polar surface area (TPSA) is 52.7 Å². The summed E-state index contributed by atoms with van der Waals surface area (Å²) < 4.78 is 0. The molecule has 1 aliphatic heterocycles. The molecule has 3 fully saturated rings. The Balaban J connectivity index is 1.68. The van der Waals surface area contributed by atoms with Crippen molar-refractivity contribution in [2.45, 2.75) is 58.4 Å². The van der Waals surface area contributed by atoms with Crippen molar-refractivity contribution in [2.24, 2.45) is 34.5 Å². The average Bonchev–Trinajstić information content (AvgIpc) is 3.05.